The summed E-state index contributed by atoms with van der Waals surface area (Å²) in [5.41, 5.74) is 1.74. The van der Waals surface area contributed by atoms with Crippen LogP contribution in [0.15, 0.2) is 22.7 Å². The average molecular weight is 311 g/mol. The Labute approximate surface area is 116 Å². The predicted molar refractivity (Wildman–Crippen MR) is 77.7 cm³/mol. The number of anilines is 1. The predicted octanol–water partition coefficient (Wildman–Crippen LogP) is 3.09. The van der Waals surface area contributed by atoms with Crippen molar-refractivity contribution >= 4 is 27.5 Å². The highest BCUT2D eigenvalue weighted by atomic mass is 79.9. The van der Waals surface area contributed by atoms with Crippen LogP contribution < -0.4 is 10.6 Å². The van der Waals surface area contributed by atoms with Gasteiger partial charge in [0.1, 0.15) is 0 Å². The molecule has 4 heteroatoms. The summed E-state index contributed by atoms with van der Waals surface area (Å²) < 4.78 is 1.03. The van der Waals surface area contributed by atoms with Gasteiger partial charge in [-0.15, -0.1) is 0 Å². The highest BCUT2D eigenvalue weighted by Crippen LogP contribution is 2.30. The highest BCUT2D eigenvalue weighted by molar-refractivity contribution is 9.10. The smallest absolute Gasteiger partial charge is 0.230 e. The van der Waals surface area contributed by atoms with Gasteiger partial charge in [-0.3, -0.25) is 4.79 Å². The fraction of sp³-hybridized carbons (Fsp3) is 0.500. The van der Waals surface area contributed by atoms with Gasteiger partial charge in [0.15, 0.2) is 0 Å². The molecule has 18 heavy (non-hydrogen) atoms. The molecule has 1 amide bonds. The lowest BCUT2D eigenvalue weighted by molar-refractivity contribution is -0.126. The van der Waals surface area contributed by atoms with E-state index in [-0.39, 0.29) is 11.3 Å². The van der Waals surface area contributed by atoms with Gasteiger partial charge in [-0.1, -0.05) is 22.9 Å². The Morgan fingerprint density at radius 2 is 2.06 bits per heavy atom. The molecule has 1 aromatic rings. The number of carbonyl (C=O) groups excluding carboxylic acids is 1. The summed E-state index contributed by atoms with van der Waals surface area (Å²) in [6.07, 6.45) is 1.79. The van der Waals surface area contributed by atoms with Gasteiger partial charge in [0.25, 0.3) is 0 Å². The van der Waals surface area contributed by atoms with E-state index in [0.717, 1.165) is 41.7 Å². The number of hydrogen-bond donors (Lipinski definition) is 2. The van der Waals surface area contributed by atoms with Crippen molar-refractivity contribution in [3.8, 4) is 0 Å². The van der Waals surface area contributed by atoms with Crippen molar-refractivity contribution < 1.29 is 4.79 Å². The number of halogens is 1. The van der Waals surface area contributed by atoms with Crippen molar-refractivity contribution in [3.05, 3.63) is 28.2 Å². The lowest BCUT2D eigenvalue weighted by Gasteiger charge is -2.32. The van der Waals surface area contributed by atoms with E-state index in [4.69, 9.17) is 0 Å². The van der Waals surface area contributed by atoms with Crippen LogP contribution in [0.3, 0.4) is 0 Å². The molecular weight excluding hydrogens is 292 g/mol. The van der Waals surface area contributed by atoms with Crippen molar-refractivity contribution in [3.63, 3.8) is 0 Å². The van der Waals surface area contributed by atoms with E-state index in [9.17, 15) is 4.79 Å². The molecule has 1 fully saturated rings. The third-order valence-electron chi connectivity index (χ3n) is 3.69. The van der Waals surface area contributed by atoms with Crippen molar-refractivity contribution in [2.24, 2.45) is 5.41 Å². The second-order valence-corrected chi connectivity index (χ2v) is 6.14. The second-order valence-electron chi connectivity index (χ2n) is 5.22. The van der Waals surface area contributed by atoms with Crippen LogP contribution in [-0.4, -0.2) is 19.0 Å². The van der Waals surface area contributed by atoms with Crippen LogP contribution in [-0.2, 0) is 4.79 Å². The third kappa shape index (κ3) is 2.93. The molecule has 2 N–H and O–H groups in total. The molecule has 0 unspecified atom stereocenters. The summed E-state index contributed by atoms with van der Waals surface area (Å²) in [6.45, 7) is 5.90. The van der Waals surface area contributed by atoms with Crippen molar-refractivity contribution in [1.29, 1.82) is 0 Å². The Hall–Kier alpha value is -0.870. The quantitative estimate of drug-likeness (QED) is 0.881. The Bertz CT molecular complexity index is 453. The van der Waals surface area contributed by atoms with Crippen LogP contribution in [0, 0.1) is 12.3 Å². The first kappa shape index (κ1) is 13.6. The lowest BCUT2D eigenvalue weighted by Crippen LogP contribution is -2.42. The van der Waals surface area contributed by atoms with Gasteiger partial charge >= 0.3 is 0 Å². The second kappa shape index (κ2) is 5.41. The van der Waals surface area contributed by atoms with Crippen LogP contribution in [0.4, 0.5) is 5.69 Å². The van der Waals surface area contributed by atoms with Gasteiger partial charge in [0, 0.05) is 15.6 Å². The molecule has 0 bridgehead atoms. The minimum atomic E-state index is -0.245. The maximum atomic E-state index is 12.4. The van der Waals surface area contributed by atoms with Gasteiger partial charge in [0.05, 0.1) is 0 Å². The minimum absolute atomic E-state index is 0.134. The number of hydrogen-bond acceptors (Lipinski definition) is 2. The summed E-state index contributed by atoms with van der Waals surface area (Å²) in [4.78, 5) is 12.4. The van der Waals surface area contributed by atoms with E-state index in [1.165, 1.54) is 0 Å². The Kier molecular flexibility index (Phi) is 4.07. The number of aryl methyl sites for hydroxylation is 1. The topological polar surface area (TPSA) is 41.1 Å². The van der Waals surface area contributed by atoms with Gasteiger partial charge in [-0.05, 0) is 56.6 Å². The van der Waals surface area contributed by atoms with Crippen LogP contribution >= 0.6 is 15.9 Å². The SMILES string of the molecule is Cc1cc(Br)ccc1NC(=O)C1(C)CCNCC1. The van der Waals surface area contributed by atoms with Crippen molar-refractivity contribution in [1.82, 2.24) is 5.32 Å². The van der Waals surface area contributed by atoms with Gasteiger partial charge < -0.3 is 10.6 Å². The molecule has 0 aliphatic carbocycles. The van der Waals surface area contributed by atoms with Crippen LogP contribution in [0.25, 0.3) is 0 Å². The van der Waals surface area contributed by atoms with Crippen LogP contribution in [0.2, 0.25) is 0 Å². The highest BCUT2D eigenvalue weighted by Gasteiger charge is 2.34. The number of carbonyl (C=O) groups is 1. The molecule has 0 radical (unpaired) electrons. The zero-order valence-corrected chi connectivity index (χ0v) is 12.4. The maximum Gasteiger partial charge on any atom is 0.230 e. The minimum Gasteiger partial charge on any atom is -0.325 e. The van der Waals surface area contributed by atoms with Gasteiger partial charge in [-0.2, -0.15) is 0 Å². The van der Waals surface area contributed by atoms with Crippen molar-refractivity contribution in [2.75, 3.05) is 18.4 Å². The number of nitrogens with one attached hydrogen (secondary N) is 2. The number of amides is 1. The Balaban J connectivity index is 2.11. The fourth-order valence-corrected chi connectivity index (χ4v) is 2.72. The zero-order valence-electron chi connectivity index (χ0n) is 10.8. The van der Waals surface area contributed by atoms with E-state index < -0.39 is 0 Å². The summed E-state index contributed by atoms with van der Waals surface area (Å²) in [5.74, 6) is 0.134. The van der Waals surface area contributed by atoms with E-state index in [2.05, 4.69) is 33.5 Å². The summed E-state index contributed by atoms with van der Waals surface area (Å²) in [5, 5.41) is 6.35. The molecule has 0 atom stereocenters. The molecule has 98 valence electrons. The van der Waals surface area contributed by atoms with Gasteiger partial charge in [-0.25, -0.2) is 0 Å². The molecule has 1 aliphatic heterocycles. The van der Waals surface area contributed by atoms with Crippen LogP contribution in [0.5, 0.6) is 0 Å². The van der Waals surface area contributed by atoms with E-state index in [1.807, 2.05) is 25.1 Å². The first-order valence-electron chi connectivity index (χ1n) is 6.30. The van der Waals surface area contributed by atoms with E-state index in [1.54, 1.807) is 0 Å². The molecule has 2 rings (SSSR count). The van der Waals surface area contributed by atoms with Crippen LogP contribution in [0.1, 0.15) is 25.3 Å². The third-order valence-corrected chi connectivity index (χ3v) is 4.19. The number of piperidine rings is 1. The number of rotatable bonds is 2. The first-order chi connectivity index (χ1) is 8.51. The molecule has 3 nitrogen and oxygen atoms in total. The Morgan fingerprint density at radius 3 is 2.67 bits per heavy atom. The molecule has 0 spiro atoms. The standard InChI is InChI=1S/C14H19BrN2O/c1-10-9-11(15)3-4-12(10)17-13(18)14(2)5-7-16-8-6-14/h3-4,9,16H,5-8H2,1-2H3,(H,17,18). The van der Waals surface area contributed by atoms with E-state index in [0.29, 0.717) is 0 Å². The molecule has 1 aliphatic rings. The maximum absolute atomic E-state index is 12.4. The molecule has 1 aromatic carbocycles. The molecule has 0 aromatic heterocycles. The normalized spacial score (nSPS) is 18.4. The Morgan fingerprint density at radius 1 is 1.39 bits per heavy atom. The van der Waals surface area contributed by atoms with E-state index >= 15 is 0 Å². The van der Waals surface area contributed by atoms with Gasteiger partial charge in [0.2, 0.25) is 5.91 Å². The largest absolute Gasteiger partial charge is 0.325 e. The molecule has 1 heterocycles. The summed E-state index contributed by atoms with van der Waals surface area (Å²) >= 11 is 3.43. The molecular formula is C14H19BrN2O. The fourth-order valence-electron chi connectivity index (χ4n) is 2.25. The monoisotopic (exact) mass is 310 g/mol. The zero-order chi connectivity index (χ0) is 13.2. The lowest BCUT2D eigenvalue weighted by atomic mass is 9.80. The molecule has 0 saturated carbocycles. The van der Waals surface area contributed by atoms with Crippen molar-refractivity contribution in [2.45, 2.75) is 26.7 Å². The first-order valence-corrected chi connectivity index (χ1v) is 7.09. The summed E-state index contributed by atoms with van der Waals surface area (Å²) in [6, 6.07) is 5.91. The molecule has 1 saturated heterocycles. The number of benzene rings is 1. The average Bonchev–Trinajstić information content (AvgIpc) is 2.33. The summed E-state index contributed by atoms with van der Waals surface area (Å²) in [7, 11) is 0.